The summed E-state index contributed by atoms with van der Waals surface area (Å²) in [7, 11) is 0. The zero-order valence-corrected chi connectivity index (χ0v) is 12.1. The van der Waals surface area contributed by atoms with E-state index in [1.807, 2.05) is 29.6 Å². The van der Waals surface area contributed by atoms with Crippen molar-refractivity contribution in [2.45, 2.75) is 31.9 Å². The van der Waals surface area contributed by atoms with Gasteiger partial charge in [-0.1, -0.05) is 12.1 Å². The standard InChI is InChI=1S/C14H15F3N2OS/c15-14(16,17)9-18-12(20)7-3-4-8-13-19-10-5-1-2-6-11(10)21-13/h1-2,5-6H,3-4,7-9H2,(H,18,20). The molecule has 2 rings (SSSR count). The van der Waals surface area contributed by atoms with Crippen molar-refractivity contribution in [3.63, 3.8) is 0 Å². The van der Waals surface area contributed by atoms with E-state index in [-0.39, 0.29) is 6.42 Å². The number of nitrogens with zero attached hydrogens (tertiary/aromatic N) is 1. The molecule has 0 aliphatic heterocycles. The molecule has 1 amide bonds. The molecule has 0 bridgehead atoms. The third kappa shape index (κ3) is 5.34. The molecule has 0 unspecified atom stereocenters. The summed E-state index contributed by atoms with van der Waals surface area (Å²) in [5.41, 5.74) is 0.959. The molecule has 0 aliphatic rings. The predicted octanol–water partition coefficient (Wildman–Crippen LogP) is 3.69. The highest BCUT2D eigenvalue weighted by atomic mass is 32.1. The molecule has 2 aromatic rings. The Bertz CT molecular complexity index is 577. The normalized spacial score (nSPS) is 11.8. The summed E-state index contributed by atoms with van der Waals surface area (Å²) in [5.74, 6) is -0.559. The van der Waals surface area contributed by atoms with Crippen LogP contribution in [0.25, 0.3) is 10.2 Å². The molecule has 1 heterocycles. The minimum absolute atomic E-state index is 0.112. The lowest BCUT2D eigenvalue weighted by Gasteiger charge is -2.07. The molecule has 0 atom stereocenters. The SMILES string of the molecule is O=C(CCCCc1nc2ccccc2s1)NCC(F)(F)F. The summed E-state index contributed by atoms with van der Waals surface area (Å²) >= 11 is 1.61. The lowest BCUT2D eigenvalue weighted by molar-refractivity contribution is -0.138. The summed E-state index contributed by atoms with van der Waals surface area (Å²) in [4.78, 5) is 15.7. The largest absolute Gasteiger partial charge is 0.405 e. The first-order chi connectivity index (χ1) is 9.94. The highest BCUT2D eigenvalue weighted by Gasteiger charge is 2.27. The Hall–Kier alpha value is -1.63. The Morgan fingerprint density at radius 1 is 1.24 bits per heavy atom. The molecular formula is C14H15F3N2OS. The number of fused-ring (bicyclic) bond motifs is 1. The number of hydrogen-bond donors (Lipinski definition) is 1. The van der Waals surface area contributed by atoms with E-state index >= 15 is 0 Å². The van der Waals surface area contributed by atoms with Gasteiger partial charge >= 0.3 is 6.18 Å². The molecule has 0 spiro atoms. The lowest BCUT2D eigenvalue weighted by Crippen LogP contribution is -2.33. The van der Waals surface area contributed by atoms with Crippen molar-refractivity contribution < 1.29 is 18.0 Å². The van der Waals surface area contributed by atoms with Gasteiger partial charge in [-0.3, -0.25) is 4.79 Å². The van der Waals surface area contributed by atoms with E-state index in [9.17, 15) is 18.0 Å². The molecule has 0 fully saturated rings. The van der Waals surface area contributed by atoms with Crippen LogP contribution >= 0.6 is 11.3 Å². The highest BCUT2D eigenvalue weighted by Crippen LogP contribution is 2.22. The van der Waals surface area contributed by atoms with E-state index in [0.717, 1.165) is 28.1 Å². The number of aromatic nitrogens is 1. The van der Waals surface area contributed by atoms with Crippen molar-refractivity contribution in [1.82, 2.24) is 10.3 Å². The fourth-order valence-electron chi connectivity index (χ4n) is 1.88. The first-order valence-corrected chi connectivity index (χ1v) is 7.43. The summed E-state index contributed by atoms with van der Waals surface area (Å²) in [6, 6.07) is 7.83. The number of para-hydroxylation sites is 1. The van der Waals surface area contributed by atoms with Crippen LogP contribution in [0.2, 0.25) is 0 Å². The fourth-order valence-corrected chi connectivity index (χ4v) is 2.88. The van der Waals surface area contributed by atoms with Crippen LogP contribution in [0.5, 0.6) is 0 Å². The van der Waals surface area contributed by atoms with E-state index in [1.54, 1.807) is 11.3 Å². The Morgan fingerprint density at radius 3 is 2.71 bits per heavy atom. The smallest absolute Gasteiger partial charge is 0.347 e. The first-order valence-electron chi connectivity index (χ1n) is 6.62. The molecule has 1 N–H and O–H groups in total. The average molecular weight is 316 g/mol. The van der Waals surface area contributed by atoms with E-state index in [0.29, 0.717) is 6.42 Å². The third-order valence-corrected chi connectivity index (χ3v) is 3.96. The van der Waals surface area contributed by atoms with Gasteiger partial charge in [0.1, 0.15) is 6.54 Å². The van der Waals surface area contributed by atoms with Gasteiger partial charge in [0.2, 0.25) is 5.91 Å². The van der Waals surface area contributed by atoms with Crippen molar-refractivity contribution in [2.75, 3.05) is 6.54 Å². The van der Waals surface area contributed by atoms with Gasteiger partial charge < -0.3 is 5.32 Å². The molecule has 0 saturated carbocycles. The molecule has 1 aromatic heterocycles. The van der Waals surface area contributed by atoms with Gasteiger partial charge in [-0.05, 0) is 31.4 Å². The summed E-state index contributed by atoms with van der Waals surface area (Å²) in [6.45, 7) is -1.26. The monoisotopic (exact) mass is 316 g/mol. The molecular weight excluding hydrogens is 301 g/mol. The molecule has 0 radical (unpaired) electrons. The summed E-state index contributed by atoms with van der Waals surface area (Å²) < 4.78 is 36.8. The molecule has 21 heavy (non-hydrogen) atoms. The molecule has 0 saturated heterocycles. The number of unbranched alkanes of at least 4 members (excludes halogenated alkanes) is 1. The number of benzene rings is 1. The number of aryl methyl sites for hydroxylation is 1. The van der Waals surface area contributed by atoms with Crippen LogP contribution in [-0.4, -0.2) is 23.6 Å². The van der Waals surface area contributed by atoms with Crippen LogP contribution in [0.15, 0.2) is 24.3 Å². The Labute approximate surface area is 124 Å². The number of nitrogens with one attached hydrogen (secondary N) is 1. The minimum atomic E-state index is -4.35. The van der Waals surface area contributed by atoms with Gasteiger partial charge in [0.25, 0.3) is 0 Å². The second-order valence-electron chi connectivity index (χ2n) is 4.67. The first kappa shape index (κ1) is 15.8. The van der Waals surface area contributed by atoms with Crippen molar-refractivity contribution >= 4 is 27.5 Å². The van der Waals surface area contributed by atoms with Crippen molar-refractivity contribution in [1.29, 1.82) is 0 Å². The number of carbonyl (C=O) groups excluding carboxylic acids is 1. The van der Waals surface area contributed by atoms with Gasteiger partial charge in [-0.2, -0.15) is 13.2 Å². The Balaban J connectivity index is 1.68. The Kier molecular flexibility index (Phi) is 5.17. The van der Waals surface area contributed by atoms with Crippen molar-refractivity contribution in [2.24, 2.45) is 0 Å². The van der Waals surface area contributed by atoms with E-state index in [1.165, 1.54) is 0 Å². The van der Waals surface area contributed by atoms with Crippen LogP contribution in [0.4, 0.5) is 13.2 Å². The fraction of sp³-hybridized carbons (Fsp3) is 0.429. The average Bonchev–Trinajstić information content (AvgIpc) is 2.83. The van der Waals surface area contributed by atoms with Gasteiger partial charge in [0.15, 0.2) is 0 Å². The maximum atomic E-state index is 11.9. The number of alkyl halides is 3. The molecule has 3 nitrogen and oxygen atoms in total. The second kappa shape index (κ2) is 6.89. The third-order valence-electron chi connectivity index (χ3n) is 2.87. The maximum Gasteiger partial charge on any atom is 0.405 e. The summed E-state index contributed by atoms with van der Waals surface area (Å²) in [6.07, 6.45) is -2.21. The number of rotatable bonds is 6. The van der Waals surface area contributed by atoms with E-state index in [2.05, 4.69) is 4.98 Å². The van der Waals surface area contributed by atoms with E-state index < -0.39 is 18.6 Å². The molecule has 114 valence electrons. The molecule has 0 aliphatic carbocycles. The van der Waals surface area contributed by atoms with E-state index in [4.69, 9.17) is 0 Å². The Morgan fingerprint density at radius 2 is 2.00 bits per heavy atom. The van der Waals surface area contributed by atoms with Gasteiger partial charge in [0.05, 0.1) is 15.2 Å². The number of halogens is 3. The van der Waals surface area contributed by atoms with Crippen LogP contribution < -0.4 is 5.32 Å². The summed E-state index contributed by atoms with van der Waals surface area (Å²) in [5, 5.41) is 2.86. The molecule has 7 heteroatoms. The van der Waals surface area contributed by atoms with Crippen molar-refractivity contribution in [3.05, 3.63) is 29.3 Å². The number of thiazole rings is 1. The second-order valence-corrected chi connectivity index (χ2v) is 5.79. The molecule has 1 aromatic carbocycles. The number of hydrogen-bond acceptors (Lipinski definition) is 3. The lowest BCUT2D eigenvalue weighted by atomic mass is 10.2. The zero-order valence-electron chi connectivity index (χ0n) is 11.2. The van der Waals surface area contributed by atoms with Gasteiger partial charge in [-0.25, -0.2) is 4.98 Å². The number of carbonyl (C=O) groups is 1. The van der Waals surface area contributed by atoms with Crippen LogP contribution in [-0.2, 0) is 11.2 Å². The quantitative estimate of drug-likeness (QED) is 0.826. The number of amides is 1. The van der Waals surface area contributed by atoms with Gasteiger partial charge in [-0.15, -0.1) is 11.3 Å². The predicted molar refractivity (Wildman–Crippen MR) is 76.2 cm³/mol. The zero-order chi connectivity index (χ0) is 15.3. The van der Waals surface area contributed by atoms with Gasteiger partial charge in [0, 0.05) is 6.42 Å². The maximum absolute atomic E-state index is 11.9. The topological polar surface area (TPSA) is 42.0 Å². The minimum Gasteiger partial charge on any atom is -0.347 e. The van der Waals surface area contributed by atoms with Crippen LogP contribution in [0.1, 0.15) is 24.3 Å². The van der Waals surface area contributed by atoms with Crippen LogP contribution in [0, 0.1) is 0 Å². The van der Waals surface area contributed by atoms with Crippen molar-refractivity contribution in [3.8, 4) is 0 Å². The van der Waals surface area contributed by atoms with Crippen LogP contribution in [0.3, 0.4) is 0 Å². The highest BCUT2D eigenvalue weighted by molar-refractivity contribution is 7.18.